The fourth-order valence-corrected chi connectivity index (χ4v) is 2.11. The highest BCUT2D eigenvalue weighted by Crippen LogP contribution is 2.22. The second kappa shape index (κ2) is 6.01. The lowest BCUT2D eigenvalue weighted by Gasteiger charge is -2.33. The summed E-state index contributed by atoms with van der Waals surface area (Å²) in [7, 11) is 1.96. The van der Waals surface area contributed by atoms with E-state index >= 15 is 0 Å². The van der Waals surface area contributed by atoms with Crippen LogP contribution in [0.3, 0.4) is 0 Å². The summed E-state index contributed by atoms with van der Waals surface area (Å²) >= 11 is 0. The summed E-state index contributed by atoms with van der Waals surface area (Å²) in [5.41, 5.74) is 1.12. The third-order valence-corrected chi connectivity index (χ3v) is 2.83. The molecule has 0 radical (unpaired) electrons. The maximum Gasteiger partial charge on any atom is 0.125 e. The first-order valence-corrected chi connectivity index (χ1v) is 6.13. The van der Waals surface area contributed by atoms with E-state index in [2.05, 4.69) is 31.0 Å². The average Bonchev–Trinajstić information content (AvgIpc) is 2.26. The maximum absolute atomic E-state index is 13.2. The van der Waals surface area contributed by atoms with E-state index in [1.165, 1.54) is 6.07 Å². The van der Waals surface area contributed by atoms with Gasteiger partial charge in [0.25, 0.3) is 0 Å². The second-order valence-corrected chi connectivity index (χ2v) is 5.19. The van der Waals surface area contributed by atoms with Crippen molar-refractivity contribution in [2.24, 2.45) is 5.41 Å². The number of anilines is 1. The molecule has 1 N–H and O–H groups in total. The van der Waals surface area contributed by atoms with Crippen LogP contribution in [0.15, 0.2) is 24.3 Å². The quantitative estimate of drug-likeness (QED) is 0.819. The Morgan fingerprint density at radius 1 is 1.35 bits per heavy atom. The van der Waals surface area contributed by atoms with E-state index in [1.54, 1.807) is 12.1 Å². The van der Waals surface area contributed by atoms with Crippen LogP contribution in [0.2, 0.25) is 0 Å². The highest BCUT2D eigenvalue weighted by atomic mass is 19.1. The van der Waals surface area contributed by atoms with Crippen LogP contribution in [0.5, 0.6) is 0 Å². The lowest BCUT2D eigenvalue weighted by molar-refractivity contribution is 0.354. The fourth-order valence-electron chi connectivity index (χ4n) is 2.11. The van der Waals surface area contributed by atoms with Crippen LogP contribution in [-0.2, 0) is 0 Å². The minimum absolute atomic E-state index is 0.164. The molecule has 0 amide bonds. The van der Waals surface area contributed by atoms with Gasteiger partial charge in [-0.1, -0.05) is 19.9 Å². The molecule has 96 valence electrons. The van der Waals surface area contributed by atoms with Gasteiger partial charge in [-0.05, 0) is 37.6 Å². The third kappa shape index (κ3) is 4.35. The zero-order chi connectivity index (χ0) is 12.9. The van der Waals surface area contributed by atoms with Gasteiger partial charge in [0, 0.05) is 25.3 Å². The summed E-state index contributed by atoms with van der Waals surface area (Å²) in [6.45, 7) is 9.26. The molecule has 0 spiro atoms. The fraction of sp³-hybridized carbons (Fsp3) is 0.571. The number of halogens is 1. The molecule has 0 atom stereocenters. The Morgan fingerprint density at radius 3 is 2.59 bits per heavy atom. The van der Waals surface area contributed by atoms with Crippen molar-refractivity contribution in [2.45, 2.75) is 20.8 Å². The third-order valence-electron chi connectivity index (χ3n) is 2.83. The van der Waals surface area contributed by atoms with Gasteiger partial charge in [-0.25, -0.2) is 4.39 Å². The Morgan fingerprint density at radius 2 is 2.06 bits per heavy atom. The predicted molar refractivity (Wildman–Crippen MR) is 72.0 cm³/mol. The van der Waals surface area contributed by atoms with Gasteiger partial charge >= 0.3 is 0 Å². The first-order valence-electron chi connectivity index (χ1n) is 6.13. The van der Waals surface area contributed by atoms with Crippen LogP contribution in [-0.4, -0.2) is 26.7 Å². The smallest absolute Gasteiger partial charge is 0.125 e. The molecule has 0 aliphatic carbocycles. The molecule has 3 heteroatoms. The van der Waals surface area contributed by atoms with Gasteiger partial charge in [0.05, 0.1) is 0 Å². The summed E-state index contributed by atoms with van der Waals surface area (Å²) in [6.07, 6.45) is 0. The molecule has 0 aliphatic heterocycles. The highest BCUT2D eigenvalue weighted by Gasteiger charge is 2.20. The van der Waals surface area contributed by atoms with Gasteiger partial charge in [-0.3, -0.25) is 0 Å². The number of hydrogen-bond acceptors (Lipinski definition) is 2. The molecule has 0 saturated carbocycles. The van der Waals surface area contributed by atoms with E-state index in [1.807, 2.05) is 13.1 Å². The zero-order valence-electron chi connectivity index (χ0n) is 11.3. The van der Waals surface area contributed by atoms with Gasteiger partial charge in [0.2, 0.25) is 0 Å². The Labute approximate surface area is 104 Å². The summed E-state index contributed by atoms with van der Waals surface area (Å²) in [5.74, 6) is -0.174. The van der Waals surface area contributed by atoms with Crippen LogP contribution < -0.4 is 10.2 Å². The first-order chi connectivity index (χ1) is 7.98. The SMILES string of the molecule is CCN(CC(C)(C)CNC)c1cccc(F)c1. The van der Waals surface area contributed by atoms with E-state index in [4.69, 9.17) is 0 Å². The van der Waals surface area contributed by atoms with Crippen molar-refractivity contribution in [1.82, 2.24) is 5.32 Å². The number of hydrogen-bond donors (Lipinski definition) is 1. The number of nitrogens with zero attached hydrogens (tertiary/aromatic N) is 1. The summed E-state index contributed by atoms with van der Waals surface area (Å²) in [4.78, 5) is 2.21. The van der Waals surface area contributed by atoms with E-state index in [0.717, 1.165) is 25.3 Å². The van der Waals surface area contributed by atoms with Crippen molar-refractivity contribution in [3.05, 3.63) is 30.1 Å². The lowest BCUT2D eigenvalue weighted by Crippen LogP contribution is -2.39. The average molecular weight is 238 g/mol. The summed E-state index contributed by atoms with van der Waals surface area (Å²) in [6, 6.07) is 6.80. The molecule has 2 nitrogen and oxygen atoms in total. The molecule has 0 fully saturated rings. The molecular formula is C14H23FN2. The molecule has 0 unspecified atom stereocenters. The van der Waals surface area contributed by atoms with Gasteiger partial charge in [-0.2, -0.15) is 0 Å². The normalized spacial score (nSPS) is 11.6. The van der Waals surface area contributed by atoms with E-state index in [0.29, 0.717) is 0 Å². The largest absolute Gasteiger partial charge is 0.371 e. The molecule has 0 aliphatic rings. The van der Waals surface area contributed by atoms with Crippen LogP contribution in [0.25, 0.3) is 0 Å². The Hall–Kier alpha value is -1.09. The molecular weight excluding hydrogens is 215 g/mol. The minimum Gasteiger partial charge on any atom is -0.371 e. The van der Waals surface area contributed by atoms with Crippen molar-refractivity contribution in [1.29, 1.82) is 0 Å². The summed E-state index contributed by atoms with van der Waals surface area (Å²) in [5, 5.41) is 3.20. The minimum atomic E-state index is -0.174. The standard InChI is InChI=1S/C14H23FN2/c1-5-17(11-14(2,3)10-16-4)13-8-6-7-12(15)9-13/h6-9,16H,5,10-11H2,1-4H3. The molecule has 0 heterocycles. The zero-order valence-corrected chi connectivity index (χ0v) is 11.3. The van der Waals surface area contributed by atoms with Gasteiger partial charge < -0.3 is 10.2 Å². The molecule has 1 aromatic carbocycles. The van der Waals surface area contributed by atoms with Crippen molar-refractivity contribution < 1.29 is 4.39 Å². The molecule has 0 bridgehead atoms. The van der Waals surface area contributed by atoms with Crippen molar-refractivity contribution in [3.63, 3.8) is 0 Å². The van der Waals surface area contributed by atoms with Crippen molar-refractivity contribution >= 4 is 5.69 Å². The first kappa shape index (κ1) is 14.0. The van der Waals surface area contributed by atoms with E-state index in [-0.39, 0.29) is 11.2 Å². The van der Waals surface area contributed by atoms with Gasteiger partial charge in [-0.15, -0.1) is 0 Å². The topological polar surface area (TPSA) is 15.3 Å². The Bertz CT molecular complexity index is 350. The van der Waals surface area contributed by atoms with Crippen LogP contribution >= 0.6 is 0 Å². The highest BCUT2D eigenvalue weighted by molar-refractivity contribution is 5.46. The molecule has 17 heavy (non-hydrogen) atoms. The second-order valence-electron chi connectivity index (χ2n) is 5.19. The van der Waals surface area contributed by atoms with Crippen LogP contribution in [0.1, 0.15) is 20.8 Å². The molecule has 0 saturated heterocycles. The van der Waals surface area contributed by atoms with E-state index in [9.17, 15) is 4.39 Å². The number of benzene rings is 1. The number of nitrogens with one attached hydrogen (secondary N) is 1. The summed E-state index contributed by atoms with van der Waals surface area (Å²) < 4.78 is 13.2. The van der Waals surface area contributed by atoms with Crippen LogP contribution in [0, 0.1) is 11.2 Å². The van der Waals surface area contributed by atoms with Crippen LogP contribution in [0.4, 0.5) is 10.1 Å². The van der Waals surface area contributed by atoms with E-state index < -0.39 is 0 Å². The lowest BCUT2D eigenvalue weighted by atomic mass is 9.92. The predicted octanol–water partition coefficient (Wildman–Crippen LogP) is 2.90. The molecule has 1 aromatic rings. The van der Waals surface area contributed by atoms with Crippen molar-refractivity contribution in [3.8, 4) is 0 Å². The maximum atomic E-state index is 13.2. The van der Waals surface area contributed by atoms with Gasteiger partial charge in [0.15, 0.2) is 0 Å². The molecule has 1 rings (SSSR count). The Balaban J connectivity index is 2.78. The monoisotopic (exact) mass is 238 g/mol. The number of rotatable bonds is 6. The Kier molecular flexibility index (Phi) is 4.94. The molecule has 0 aromatic heterocycles. The van der Waals surface area contributed by atoms with Gasteiger partial charge in [0.1, 0.15) is 5.82 Å². The van der Waals surface area contributed by atoms with Crippen molar-refractivity contribution in [2.75, 3.05) is 31.6 Å².